The first kappa shape index (κ1) is 31.1. The lowest BCUT2D eigenvalue weighted by Gasteiger charge is -2.54. The molecule has 0 radical (unpaired) electrons. The highest BCUT2D eigenvalue weighted by Gasteiger charge is 2.58. The van der Waals surface area contributed by atoms with Crippen LogP contribution in [0, 0.1) is 0 Å². The second-order valence-electron chi connectivity index (χ2n) is 11.7. The van der Waals surface area contributed by atoms with E-state index in [1.807, 2.05) is 121 Å². The quantitative estimate of drug-likeness (QED) is 0.191. The molecule has 2 aliphatic heterocycles. The van der Waals surface area contributed by atoms with Crippen molar-refractivity contribution in [2.45, 2.75) is 75.8 Å². The minimum atomic E-state index is -1.10. The third-order valence-corrected chi connectivity index (χ3v) is 8.35. The van der Waals surface area contributed by atoms with Crippen LogP contribution in [0.15, 0.2) is 121 Å². The van der Waals surface area contributed by atoms with Gasteiger partial charge in [0.05, 0.1) is 33.0 Å². The predicted molar refractivity (Wildman–Crippen MR) is 171 cm³/mol. The van der Waals surface area contributed by atoms with E-state index in [4.69, 9.17) is 23.7 Å². The summed E-state index contributed by atoms with van der Waals surface area (Å²) in [6.45, 7) is 1.72. The van der Waals surface area contributed by atoms with Gasteiger partial charge in [0, 0.05) is 6.42 Å². The van der Waals surface area contributed by atoms with E-state index in [0.29, 0.717) is 45.7 Å². The summed E-state index contributed by atoms with van der Waals surface area (Å²) < 4.78 is 33.4. The Balaban J connectivity index is 1.33. The van der Waals surface area contributed by atoms with E-state index < -0.39 is 30.1 Å². The zero-order chi connectivity index (χ0) is 30.7. The molecule has 2 saturated heterocycles. The molecular formula is C38H41NO6. The van der Waals surface area contributed by atoms with Gasteiger partial charge in [0.15, 0.2) is 5.72 Å². The van der Waals surface area contributed by atoms with Crippen LogP contribution in [0.5, 0.6) is 0 Å². The van der Waals surface area contributed by atoms with Gasteiger partial charge < -0.3 is 29.0 Å². The van der Waals surface area contributed by atoms with E-state index in [1.165, 1.54) is 0 Å². The summed E-state index contributed by atoms with van der Waals surface area (Å²) in [4.78, 5) is 13.0. The lowest BCUT2D eigenvalue weighted by molar-refractivity contribution is -0.318. The minimum absolute atomic E-state index is 0.0658. The molecule has 4 aromatic carbocycles. The van der Waals surface area contributed by atoms with Crippen molar-refractivity contribution in [1.29, 1.82) is 0 Å². The van der Waals surface area contributed by atoms with Crippen LogP contribution in [0.1, 0.15) is 41.5 Å². The first-order chi connectivity index (χ1) is 22.2. The molecule has 0 aliphatic carbocycles. The highest BCUT2D eigenvalue weighted by Crippen LogP contribution is 2.40. The Hall–Kier alpha value is -3.85. The van der Waals surface area contributed by atoms with Gasteiger partial charge in [-0.15, -0.1) is 0 Å². The van der Waals surface area contributed by atoms with Crippen LogP contribution < -0.4 is 5.32 Å². The van der Waals surface area contributed by atoms with E-state index in [2.05, 4.69) is 5.32 Å². The molecule has 234 valence electrons. The summed E-state index contributed by atoms with van der Waals surface area (Å²) in [5.41, 5.74) is 3.06. The largest absolute Gasteiger partial charge is 0.374 e. The summed E-state index contributed by atoms with van der Waals surface area (Å²) in [6, 6.07) is 40.2. The van der Waals surface area contributed by atoms with Gasteiger partial charge in [-0.1, -0.05) is 121 Å². The maximum absolute atomic E-state index is 13.0. The van der Waals surface area contributed by atoms with Crippen LogP contribution in [0.25, 0.3) is 0 Å². The van der Waals surface area contributed by atoms with Gasteiger partial charge in [-0.05, 0) is 35.1 Å². The molecule has 2 heterocycles. The molecule has 0 unspecified atom stereocenters. The average molecular weight is 608 g/mol. The van der Waals surface area contributed by atoms with Crippen LogP contribution in [0.3, 0.4) is 0 Å². The fourth-order valence-corrected chi connectivity index (χ4v) is 6.13. The number of amides is 1. The van der Waals surface area contributed by atoms with Crippen LogP contribution in [-0.2, 0) is 54.9 Å². The Kier molecular flexibility index (Phi) is 10.7. The van der Waals surface area contributed by atoms with Gasteiger partial charge >= 0.3 is 0 Å². The van der Waals surface area contributed by atoms with Crippen molar-refractivity contribution in [3.05, 3.63) is 144 Å². The Morgan fingerprint density at radius 1 is 0.622 bits per heavy atom. The number of benzene rings is 4. The molecule has 1 N–H and O–H groups in total. The van der Waals surface area contributed by atoms with Crippen molar-refractivity contribution in [1.82, 2.24) is 5.32 Å². The number of ether oxygens (including phenoxy) is 5. The summed E-state index contributed by atoms with van der Waals surface area (Å²) in [6.07, 6.45) is -0.593. The molecule has 4 aromatic rings. The van der Waals surface area contributed by atoms with Crippen LogP contribution in [0.2, 0.25) is 0 Å². The number of carbonyl (C=O) groups excluding carboxylic acids is 1. The summed E-state index contributed by atoms with van der Waals surface area (Å²) in [7, 11) is 0. The second-order valence-corrected chi connectivity index (χ2v) is 11.7. The Labute approximate surface area is 265 Å². The number of hydrogen-bond acceptors (Lipinski definition) is 6. The molecule has 5 atom stereocenters. The van der Waals surface area contributed by atoms with Crippen molar-refractivity contribution >= 4 is 5.91 Å². The summed E-state index contributed by atoms with van der Waals surface area (Å²) in [5, 5.41) is 3.20. The lowest BCUT2D eigenvalue weighted by Crippen LogP contribution is -2.73. The van der Waals surface area contributed by atoms with Gasteiger partial charge in [0.1, 0.15) is 24.4 Å². The summed E-state index contributed by atoms with van der Waals surface area (Å²) in [5.74, 6) is -0.0658. The van der Waals surface area contributed by atoms with Gasteiger partial charge in [0.25, 0.3) is 0 Å². The SMILES string of the molecule is O=C1CCC[C@@]2(N1)O[C@H](COCc1ccccc1)[C@@H](OCc1ccccc1)[C@H](OCc1ccccc1)[C@H]2OCc1ccccc1. The van der Waals surface area contributed by atoms with Gasteiger partial charge in [-0.3, -0.25) is 4.79 Å². The van der Waals surface area contributed by atoms with Crippen LogP contribution >= 0.6 is 0 Å². The molecule has 2 fully saturated rings. The molecule has 0 saturated carbocycles. The number of carbonyl (C=O) groups is 1. The van der Waals surface area contributed by atoms with Crippen molar-refractivity contribution in [3.63, 3.8) is 0 Å². The topological polar surface area (TPSA) is 75.3 Å². The fraction of sp³-hybridized carbons (Fsp3) is 0.342. The molecular weight excluding hydrogens is 566 g/mol. The van der Waals surface area contributed by atoms with Gasteiger partial charge in [-0.2, -0.15) is 0 Å². The van der Waals surface area contributed by atoms with Crippen molar-refractivity contribution in [2.75, 3.05) is 6.61 Å². The standard InChI is InChI=1S/C38H41NO6/c40-34-22-13-23-38(39-34)37(44-27-32-20-11-4-12-21-32)36(43-26-31-18-9-3-10-19-31)35(42-25-30-16-7-2-8-17-30)33(45-38)28-41-24-29-14-5-1-6-15-29/h1-12,14-21,33,35-37H,13,22-28H2,(H,39,40)/t33-,35-,36+,37-,38-/m1/s1. The second kappa shape index (κ2) is 15.4. The number of hydrogen-bond donors (Lipinski definition) is 1. The Morgan fingerprint density at radius 2 is 1.09 bits per heavy atom. The fourth-order valence-electron chi connectivity index (χ4n) is 6.13. The molecule has 7 heteroatoms. The Bertz CT molecular complexity index is 1460. The van der Waals surface area contributed by atoms with Crippen molar-refractivity contribution < 1.29 is 28.5 Å². The average Bonchev–Trinajstić information content (AvgIpc) is 3.08. The predicted octanol–water partition coefficient (Wildman–Crippen LogP) is 6.35. The molecule has 2 aliphatic rings. The Morgan fingerprint density at radius 3 is 1.60 bits per heavy atom. The van der Waals surface area contributed by atoms with Gasteiger partial charge in [0.2, 0.25) is 5.91 Å². The van der Waals surface area contributed by atoms with E-state index in [-0.39, 0.29) is 12.5 Å². The number of rotatable bonds is 13. The minimum Gasteiger partial charge on any atom is -0.374 e. The van der Waals surface area contributed by atoms with E-state index >= 15 is 0 Å². The first-order valence-corrected chi connectivity index (χ1v) is 15.8. The zero-order valence-corrected chi connectivity index (χ0v) is 25.5. The van der Waals surface area contributed by atoms with Crippen LogP contribution in [0.4, 0.5) is 0 Å². The van der Waals surface area contributed by atoms with Gasteiger partial charge in [-0.25, -0.2) is 0 Å². The van der Waals surface area contributed by atoms with E-state index in [9.17, 15) is 4.79 Å². The van der Waals surface area contributed by atoms with Crippen molar-refractivity contribution in [2.24, 2.45) is 0 Å². The van der Waals surface area contributed by atoms with Crippen molar-refractivity contribution in [3.8, 4) is 0 Å². The monoisotopic (exact) mass is 607 g/mol. The number of piperidine rings is 1. The zero-order valence-electron chi connectivity index (χ0n) is 25.5. The third-order valence-electron chi connectivity index (χ3n) is 8.35. The molecule has 1 amide bonds. The maximum atomic E-state index is 13.0. The van der Waals surface area contributed by atoms with Crippen LogP contribution in [-0.4, -0.2) is 42.7 Å². The van der Waals surface area contributed by atoms with E-state index in [1.54, 1.807) is 0 Å². The molecule has 0 bridgehead atoms. The van der Waals surface area contributed by atoms with E-state index in [0.717, 1.165) is 22.3 Å². The maximum Gasteiger partial charge on any atom is 0.222 e. The normalized spacial score (nSPS) is 24.8. The molecule has 45 heavy (non-hydrogen) atoms. The lowest BCUT2D eigenvalue weighted by atomic mass is 9.84. The first-order valence-electron chi connectivity index (χ1n) is 15.8. The molecule has 1 spiro atoms. The highest BCUT2D eigenvalue weighted by molar-refractivity contribution is 5.77. The molecule has 6 rings (SSSR count). The summed E-state index contributed by atoms with van der Waals surface area (Å²) >= 11 is 0. The molecule has 0 aromatic heterocycles. The highest BCUT2D eigenvalue weighted by atomic mass is 16.6. The number of nitrogens with one attached hydrogen (secondary N) is 1. The third kappa shape index (κ3) is 8.25. The molecule has 7 nitrogen and oxygen atoms in total. The smallest absolute Gasteiger partial charge is 0.222 e.